The number of imide groups is 1. The lowest BCUT2D eigenvalue weighted by atomic mass is 10.2. The molecule has 8 heteroatoms. The third kappa shape index (κ3) is 4.09. The lowest BCUT2D eigenvalue weighted by Crippen LogP contribution is -2.17. The Morgan fingerprint density at radius 2 is 1.88 bits per heavy atom. The third-order valence-electron chi connectivity index (χ3n) is 3.37. The van der Waals surface area contributed by atoms with E-state index in [2.05, 4.69) is 5.32 Å². The van der Waals surface area contributed by atoms with Gasteiger partial charge in [0.2, 0.25) is 0 Å². The minimum Gasteiger partial charge on any atom is -0.282 e. The van der Waals surface area contributed by atoms with Crippen LogP contribution in [0.15, 0.2) is 57.2 Å². The molecule has 1 heterocycles. The lowest BCUT2D eigenvalue weighted by Gasteiger charge is -2.05. The van der Waals surface area contributed by atoms with Crippen molar-refractivity contribution in [3.63, 3.8) is 0 Å². The molecule has 1 N–H and O–H groups in total. The molecule has 126 valence electrons. The molecule has 3 rings (SSSR count). The number of nitro groups is 1. The second kappa shape index (κ2) is 7.12. The number of benzene rings is 2. The Bertz CT molecular complexity index is 907. The predicted molar refractivity (Wildman–Crippen MR) is 97.5 cm³/mol. The number of aryl methyl sites for hydroxylation is 1. The van der Waals surface area contributed by atoms with Gasteiger partial charge in [-0.15, -0.1) is 0 Å². The van der Waals surface area contributed by atoms with Crippen LogP contribution in [0.4, 0.5) is 10.5 Å². The van der Waals surface area contributed by atoms with Crippen LogP contribution in [-0.4, -0.2) is 16.1 Å². The third-order valence-corrected chi connectivity index (χ3v) is 5.25. The largest absolute Gasteiger partial charge is 0.290 e. The highest BCUT2D eigenvalue weighted by atomic mass is 32.2. The van der Waals surface area contributed by atoms with E-state index < -0.39 is 16.1 Å². The number of nitrogens with one attached hydrogen (secondary N) is 1. The van der Waals surface area contributed by atoms with Crippen molar-refractivity contribution in [1.82, 2.24) is 5.32 Å². The number of hydrogen-bond acceptors (Lipinski definition) is 6. The second-order valence-corrected chi connectivity index (χ2v) is 7.38. The second-order valence-electron chi connectivity index (χ2n) is 5.25. The van der Waals surface area contributed by atoms with Crippen LogP contribution in [0.5, 0.6) is 0 Å². The first-order valence-corrected chi connectivity index (χ1v) is 8.83. The Labute approximate surface area is 151 Å². The minimum absolute atomic E-state index is 0.0466. The molecular weight excluding hydrogens is 360 g/mol. The molecule has 0 radical (unpaired) electrons. The summed E-state index contributed by atoms with van der Waals surface area (Å²) in [5.74, 6) is -0.490. The molecule has 0 bridgehead atoms. The van der Waals surface area contributed by atoms with E-state index in [-0.39, 0.29) is 10.6 Å². The number of rotatable bonds is 4. The van der Waals surface area contributed by atoms with Crippen molar-refractivity contribution in [3.05, 3.63) is 68.6 Å². The van der Waals surface area contributed by atoms with E-state index >= 15 is 0 Å². The number of carbonyl (C=O) groups is 2. The maximum Gasteiger partial charge on any atom is 0.290 e. The molecule has 2 aromatic carbocycles. The summed E-state index contributed by atoms with van der Waals surface area (Å²) in [4.78, 5) is 35.4. The van der Waals surface area contributed by atoms with Gasteiger partial charge in [-0.1, -0.05) is 35.5 Å². The normalized spacial score (nSPS) is 15.5. The minimum atomic E-state index is -0.490. The summed E-state index contributed by atoms with van der Waals surface area (Å²) in [7, 11) is 0. The maximum atomic E-state index is 11.6. The highest BCUT2D eigenvalue weighted by molar-refractivity contribution is 8.18. The van der Waals surface area contributed by atoms with Crippen molar-refractivity contribution in [1.29, 1.82) is 0 Å². The molecule has 0 spiro atoms. The van der Waals surface area contributed by atoms with Crippen molar-refractivity contribution < 1.29 is 14.5 Å². The number of thioether (sulfide) groups is 1. The van der Waals surface area contributed by atoms with Crippen molar-refractivity contribution in [2.75, 3.05) is 0 Å². The van der Waals surface area contributed by atoms with Gasteiger partial charge in [-0.3, -0.25) is 25.0 Å². The molecule has 0 atom stereocenters. The zero-order valence-electron chi connectivity index (χ0n) is 13.0. The fourth-order valence-corrected chi connectivity index (χ4v) is 3.74. The van der Waals surface area contributed by atoms with Gasteiger partial charge in [0.15, 0.2) is 0 Å². The van der Waals surface area contributed by atoms with Gasteiger partial charge in [-0.05, 0) is 48.5 Å². The van der Waals surface area contributed by atoms with Gasteiger partial charge in [0.05, 0.1) is 14.7 Å². The zero-order valence-corrected chi connectivity index (χ0v) is 14.6. The Balaban J connectivity index is 1.92. The maximum absolute atomic E-state index is 11.6. The predicted octanol–water partition coefficient (Wildman–Crippen LogP) is 4.38. The fourth-order valence-electron chi connectivity index (χ4n) is 2.16. The molecule has 1 saturated heterocycles. The standard InChI is InChI=1S/C17H12N2O4S2/c1-10-2-5-12(6-3-10)24-14-7-4-11(8-13(14)19(22)23)9-15-16(20)18-17(21)25-15/h2-9H,1H3,(H,18,20,21)/b15-9-. The molecule has 0 aromatic heterocycles. The average molecular weight is 372 g/mol. The molecule has 2 amide bonds. The summed E-state index contributed by atoms with van der Waals surface area (Å²) < 4.78 is 0. The van der Waals surface area contributed by atoms with Crippen LogP contribution in [-0.2, 0) is 4.79 Å². The first kappa shape index (κ1) is 17.2. The number of nitrogens with zero attached hydrogens (tertiary/aromatic N) is 1. The highest BCUT2D eigenvalue weighted by Crippen LogP contribution is 2.36. The number of carbonyl (C=O) groups excluding carboxylic acids is 2. The van der Waals surface area contributed by atoms with Gasteiger partial charge in [-0.2, -0.15) is 0 Å². The van der Waals surface area contributed by atoms with E-state index in [4.69, 9.17) is 0 Å². The van der Waals surface area contributed by atoms with E-state index in [1.54, 1.807) is 12.1 Å². The SMILES string of the molecule is Cc1ccc(Sc2ccc(/C=C3\SC(=O)NC3=O)cc2[N+](=O)[O-])cc1. The Morgan fingerprint density at radius 3 is 2.48 bits per heavy atom. The van der Waals surface area contributed by atoms with Crippen molar-refractivity contribution in [2.45, 2.75) is 16.7 Å². The Hall–Kier alpha value is -2.58. The van der Waals surface area contributed by atoms with Gasteiger partial charge in [-0.25, -0.2) is 0 Å². The topological polar surface area (TPSA) is 89.3 Å². The molecule has 0 saturated carbocycles. The van der Waals surface area contributed by atoms with Crippen LogP contribution in [0.1, 0.15) is 11.1 Å². The van der Waals surface area contributed by atoms with E-state index in [0.717, 1.165) is 22.2 Å². The average Bonchev–Trinajstić information content (AvgIpc) is 2.88. The molecule has 6 nitrogen and oxygen atoms in total. The summed E-state index contributed by atoms with van der Waals surface area (Å²) in [5.41, 5.74) is 1.56. The molecule has 1 fully saturated rings. The van der Waals surface area contributed by atoms with E-state index in [0.29, 0.717) is 10.5 Å². The molecule has 1 aliphatic heterocycles. The summed E-state index contributed by atoms with van der Waals surface area (Å²) in [6.07, 6.45) is 1.47. The number of amides is 2. The van der Waals surface area contributed by atoms with Crippen LogP contribution in [0, 0.1) is 17.0 Å². The van der Waals surface area contributed by atoms with Gasteiger partial charge in [0, 0.05) is 11.0 Å². The Kier molecular flexibility index (Phi) is 4.91. The van der Waals surface area contributed by atoms with Crippen LogP contribution in [0.25, 0.3) is 6.08 Å². The monoisotopic (exact) mass is 372 g/mol. The highest BCUT2D eigenvalue weighted by Gasteiger charge is 2.25. The molecule has 2 aromatic rings. The first-order valence-electron chi connectivity index (χ1n) is 7.20. The molecule has 1 aliphatic rings. The van der Waals surface area contributed by atoms with E-state index in [1.807, 2.05) is 31.2 Å². The molecular formula is C17H12N2O4S2. The summed E-state index contributed by atoms with van der Waals surface area (Å²) in [5, 5.41) is 13.1. The van der Waals surface area contributed by atoms with E-state index in [1.165, 1.54) is 23.9 Å². The van der Waals surface area contributed by atoms with Gasteiger partial charge in [0.1, 0.15) is 0 Å². The summed E-state index contributed by atoms with van der Waals surface area (Å²) in [6.45, 7) is 1.97. The number of nitro benzene ring substituents is 1. The van der Waals surface area contributed by atoms with Crippen LogP contribution < -0.4 is 5.32 Å². The van der Waals surface area contributed by atoms with Crippen molar-refractivity contribution in [2.24, 2.45) is 0 Å². The fraction of sp³-hybridized carbons (Fsp3) is 0.0588. The smallest absolute Gasteiger partial charge is 0.282 e. The lowest BCUT2D eigenvalue weighted by molar-refractivity contribution is -0.387. The molecule has 0 aliphatic carbocycles. The molecule has 25 heavy (non-hydrogen) atoms. The zero-order chi connectivity index (χ0) is 18.0. The van der Waals surface area contributed by atoms with Crippen LogP contribution in [0.3, 0.4) is 0 Å². The van der Waals surface area contributed by atoms with Gasteiger partial charge >= 0.3 is 0 Å². The summed E-state index contributed by atoms with van der Waals surface area (Å²) in [6, 6.07) is 12.4. The number of hydrogen-bond donors (Lipinski definition) is 1. The van der Waals surface area contributed by atoms with Crippen molar-refractivity contribution >= 4 is 46.4 Å². The first-order chi connectivity index (χ1) is 11.9. The van der Waals surface area contributed by atoms with E-state index in [9.17, 15) is 19.7 Å². The van der Waals surface area contributed by atoms with Crippen molar-refractivity contribution in [3.8, 4) is 0 Å². The summed E-state index contributed by atoms with van der Waals surface area (Å²) >= 11 is 2.08. The van der Waals surface area contributed by atoms with Gasteiger partial charge < -0.3 is 0 Å². The van der Waals surface area contributed by atoms with Crippen LogP contribution in [0.2, 0.25) is 0 Å². The van der Waals surface area contributed by atoms with Crippen LogP contribution >= 0.6 is 23.5 Å². The van der Waals surface area contributed by atoms with Gasteiger partial charge in [0.25, 0.3) is 16.8 Å². The molecule has 0 unspecified atom stereocenters. The quantitative estimate of drug-likeness (QED) is 0.487. The Morgan fingerprint density at radius 1 is 1.16 bits per heavy atom.